The Morgan fingerprint density at radius 1 is 1.07 bits per heavy atom. The number of aliphatic imine (C=N–C) groups is 1. The van der Waals surface area contributed by atoms with Crippen LogP contribution in [0, 0.1) is 0 Å². The summed E-state index contributed by atoms with van der Waals surface area (Å²) in [6.45, 7) is 4.28. The maximum Gasteiger partial charge on any atom is 0.271 e. The van der Waals surface area contributed by atoms with Crippen molar-refractivity contribution in [2.24, 2.45) is 4.99 Å². The van der Waals surface area contributed by atoms with Crippen molar-refractivity contribution in [3.63, 3.8) is 0 Å². The number of carbonyl (C=O) groups is 2. The molecule has 2 N–H and O–H groups in total. The number of halogens is 1. The fraction of sp³-hybridized carbons (Fsp3) is 0.318. The number of hydrogen-bond acceptors (Lipinski definition) is 5. The van der Waals surface area contributed by atoms with Gasteiger partial charge in [0.15, 0.2) is 0 Å². The van der Waals surface area contributed by atoms with Gasteiger partial charge in [0.05, 0.1) is 6.42 Å². The van der Waals surface area contributed by atoms with E-state index in [1.807, 2.05) is 6.07 Å². The van der Waals surface area contributed by atoms with Crippen molar-refractivity contribution < 1.29 is 9.59 Å². The second-order valence-corrected chi connectivity index (χ2v) is 7.91. The van der Waals surface area contributed by atoms with Crippen LogP contribution in [0.3, 0.4) is 0 Å². The summed E-state index contributed by atoms with van der Waals surface area (Å²) in [5.41, 5.74) is 1.94. The number of piperazine rings is 1. The largest absolute Gasteiger partial charge is 0.343 e. The van der Waals surface area contributed by atoms with Crippen molar-refractivity contribution in [3.05, 3.63) is 65.2 Å². The SMILES string of the molecule is O=C(CC1NC(N2CCN(Cc3ccccc3)CC2)=NC1=O)Nc1ccc(Cl)cc1. The van der Waals surface area contributed by atoms with Crippen molar-refractivity contribution in [2.45, 2.75) is 19.0 Å². The minimum Gasteiger partial charge on any atom is -0.343 e. The highest BCUT2D eigenvalue weighted by atomic mass is 35.5. The molecule has 0 spiro atoms. The lowest BCUT2D eigenvalue weighted by Crippen LogP contribution is -2.52. The second kappa shape index (κ2) is 9.28. The summed E-state index contributed by atoms with van der Waals surface area (Å²) in [7, 11) is 0. The van der Waals surface area contributed by atoms with Crippen LogP contribution >= 0.6 is 11.6 Å². The first-order valence-corrected chi connectivity index (χ1v) is 10.4. The second-order valence-electron chi connectivity index (χ2n) is 7.48. The number of nitrogens with zero attached hydrogens (tertiary/aromatic N) is 3. The van der Waals surface area contributed by atoms with E-state index < -0.39 is 6.04 Å². The molecule has 4 rings (SSSR count). The quantitative estimate of drug-likeness (QED) is 0.769. The molecular formula is C22H24ClN5O2. The molecule has 0 aliphatic carbocycles. The third-order valence-corrected chi connectivity index (χ3v) is 5.51. The lowest BCUT2D eigenvalue weighted by atomic mass is 10.2. The minimum atomic E-state index is -0.630. The van der Waals surface area contributed by atoms with Crippen LogP contribution in [0.5, 0.6) is 0 Å². The van der Waals surface area contributed by atoms with E-state index in [9.17, 15) is 9.59 Å². The van der Waals surface area contributed by atoms with Gasteiger partial charge in [0.1, 0.15) is 6.04 Å². The van der Waals surface area contributed by atoms with E-state index in [1.54, 1.807) is 24.3 Å². The summed E-state index contributed by atoms with van der Waals surface area (Å²) >= 11 is 5.85. The first-order chi connectivity index (χ1) is 14.6. The molecule has 2 aliphatic heterocycles. The van der Waals surface area contributed by atoms with Crippen LogP contribution in [0.1, 0.15) is 12.0 Å². The molecule has 0 saturated carbocycles. The van der Waals surface area contributed by atoms with Crippen LogP contribution in [-0.2, 0) is 16.1 Å². The number of anilines is 1. The lowest BCUT2D eigenvalue weighted by molar-refractivity contribution is -0.123. The first-order valence-electron chi connectivity index (χ1n) is 10.0. The Bertz CT molecular complexity index is 924. The lowest BCUT2D eigenvalue weighted by Gasteiger charge is -2.35. The Labute approximate surface area is 180 Å². The molecule has 30 heavy (non-hydrogen) atoms. The molecule has 2 aliphatic rings. The third kappa shape index (κ3) is 5.17. The van der Waals surface area contributed by atoms with Gasteiger partial charge in [-0.3, -0.25) is 14.5 Å². The van der Waals surface area contributed by atoms with Crippen molar-refractivity contribution in [1.29, 1.82) is 0 Å². The standard InChI is InChI=1S/C22H24ClN5O2/c23-17-6-8-18(9-7-17)24-20(29)14-19-21(30)26-22(25-19)28-12-10-27(11-13-28)15-16-4-2-1-3-5-16/h1-9,19H,10-15H2,(H,24,29)(H,25,26,30). The topological polar surface area (TPSA) is 77.0 Å². The Balaban J connectivity index is 1.25. The first kappa shape index (κ1) is 20.4. The van der Waals surface area contributed by atoms with Crippen LogP contribution in [0.4, 0.5) is 5.69 Å². The molecule has 2 heterocycles. The molecular weight excluding hydrogens is 402 g/mol. The summed E-state index contributed by atoms with van der Waals surface area (Å²) in [4.78, 5) is 33.2. The number of rotatable bonds is 5. The third-order valence-electron chi connectivity index (χ3n) is 5.26. The molecule has 8 heteroatoms. The van der Waals surface area contributed by atoms with Gasteiger partial charge in [-0.25, -0.2) is 0 Å². The zero-order valence-electron chi connectivity index (χ0n) is 16.6. The fourth-order valence-corrected chi connectivity index (χ4v) is 3.75. The van der Waals surface area contributed by atoms with Gasteiger partial charge in [-0.05, 0) is 29.8 Å². The van der Waals surface area contributed by atoms with E-state index in [2.05, 4.69) is 49.7 Å². The average molecular weight is 426 g/mol. The summed E-state index contributed by atoms with van der Waals surface area (Å²) in [5, 5.41) is 6.51. The maximum atomic E-state index is 12.3. The van der Waals surface area contributed by atoms with Crippen LogP contribution in [-0.4, -0.2) is 59.8 Å². The highest BCUT2D eigenvalue weighted by Crippen LogP contribution is 2.15. The summed E-state index contributed by atoms with van der Waals surface area (Å²) in [5.74, 6) is 0.0268. The van der Waals surface area contributed by atoms with Crippen LogP contribution in [0.2, 0.25) is 5.02 Å². The minimum absolute atomic E-state index is 0.0302. The van der Waals surface area contributed by atoms with E-state index >= 15 is 0 Å². The molecule has 1 unspecified atom stereocenters. The number of carbonyl (C=O) groups excluding carboxylic acids is 2. The molecule has 0 bridgehead atoms. The monoisotopic (exact) mass is 425 g/mol. The van der Waals surface area contributed by atoms with Gasteiger partial charge in [0.25, 0.3) is 5.91 Å². The Morgan fingerprint density at radius 2 is 1.77 bits per heavy atom. The molecule has 1 fully saturated rings. The average Bonchev–Trinajstić information content (AvgIpc) is 3.11. The highest BCUT2D eigenvalue weighted by Gasteiger charge is 2.32. The molecule has 0 aromatic heterocycles. The predicted molar refractivity (Wildman–Crippen MR) is 117 cm³/mol. The van der Waals surface area contributed by atoms with Crippen molar-refractivity contribution in [2.75, 3.05) is 31.5 Å². The van der Waals surface area contributed by atoms with Crippen LogP contribution < -0.4 is 10.6 Å². The summed E-state index contributed by atoms with van der Waals surface area (Å²) in [6.07, 6.45) is 0.0302. The van der Waals surface area contributed by atoms with E-state index in [4.69, 9.17) is 11.6 Å². The van der Waals surface area contributed by atoms with Gasteiger partial charge in [0.2, 0.25) is 11.9 Å². The zero-order chi connectivity index (χ0) is 20.9. The van der Waals surface area contributed by atoms with Crippen LogP contribution in [0.25, 0.3) is 0 Å². The van der Waals surface area contributed by atoms with E-state index in [-0.39, 0.29) is 18.2 Å². The van der Waals surface area contributed by atoms with Gasteiger partial charge in [-0.2, -0.15) is 4.99 Å². The zero-order valence-corrected chi connectivity index (χ0v) is 17.3. The number of guanidine groups is 1. The molecule has 2 amide bonds. The number of amides is 2. The van der Waals surface area contributed by atoms with Crippen molar-refractivity contribution in [1.82, 2.24) is 15.1 Å². The highest BCUT2D eigenvalue weighted by molar-refractivity contribution is 6.30. The van der Waals surface area contributed by atoms with Crippen molar-refractivity contribution in [3.8, 4) is 0 Å². The van der Waals surface area contributed by atoms with Gasteiger partial charge in [0, 0.05) is 43.4 Å². The predicted octanol–water partition coefficient (Wildman–Crippen LogP) is 2.34. The van der Waals surface area contributed by atoms with Crippen molar-refractivity contribution >= 4 is 35.1 Å². The molecule has 156 valence electrons. The molecule has 7 nitrogen and oxygen atoms in total. The van der Waals surface area contributed by atoms with Gasteiger partial charge >= 0.3 is 0 Å². The van der Waals surface area contributed by atoms with E-state index in [0.717, 1.165) is 32.7 Å². The number of hydrogen-bond donors (Lipinski definition) is 2. The van der Waals surface area contributed by atoms with Gasteiger partial charge in [-0.1, -0.05) is 41.9 Å². The van der Waals surface area contributed by atoms with E-state index in [0.29, 0.717) is 16.7 Å². The molecule has 1 atom stereocenters. The van der Waals surface area contributed by atoms with Crippen LogP contribution in [0.15, 0.2) is 59.6 Å². The Morgan fingerprint density at radius 3 is 2.47 bits per heavy atom. The molecule has 0 radical (unpaired) electrons. The summed E-state index contributed by atoms with van der Waals surface area (Å²) < 4.78 is 0. The van der Waals surface area contributed by atoms with E-state index in [1.165, 1.54) is 5.56 Å². The van der Waals surface area contributed by atoms with Gasteiger partial charge in [-0.15, -0.1) is 0 Å². The molecule has 1 saturated heterocycles. The number of nitrogens with one attached hydrogen (secondary N) is 2. The summed E-state index contributed by atoms with van der Waals surface area (Å²) in [6, 6.07) is 16.6. The fourth-order valence-electron chi connectivity index (χ4n) is 3.62. The van der Waals surface area contributed by atoms with Gasteiger partial charge < -0.3 is 15.5 Å². The Kier molecular flexibility index (Phi) is 6.30. The number of benzene rings is 2. The smallest absolute Gasteiger partial charge is 0.271 e. The molecule has 2 aromatic carbocycles. The Hall–Kier alpha value is -2.90. The maximum absolute atomic E-state index is 12.3. The molecule has 2 aromatic rings. The normalized spacial score (nSPS) is 19.4.